The van der Waals surface area contributed by atoms with Crippen LogP contribution in [0.2, 0.25) is 0 Å². The molecule has 0 saturated carbocycles. The fourth-order valence-corrected chi connectivity index (χ4v) is 1.45. The van der Waals surface area contributed by atoms with Gasteiger partial charge in [-0.3, -0.25) is 4.79 Å². The summed E-state index contributed by atoms with van der Waals surface area (Å²) in [4.78, 5) is 13.4. The number of carbonyl (C=O) groups is 1. The van der Waals surface area contributed by atoms with E-state index in [9.17, 15) is 4.79 Å². The van der Waals surface area contributed by atoms with Crippen LogP contribution in [0.5, 0.6) is 0 Å². The lowest BCUT2D eigenvalue weighted by Gasteiger charge is -2.34. The largest absolute Gasteiger partial charge is 0.338 e. The van der Waals surface area contributed by atoms with Crippen molar-refractivity contribution in [3.05, 3.63) is 0 Å². The number of rotatable bonds is 3. The van der Waals surface area contributed by atoms with E-state index in [2.05, 4.69) is 12.6 Å². The zero-order valence-corrected chi connectivity index (χ0v) is 9.32. The van der Waals surface area contributed by atoms with Crippen molar-refractivity contribution in [3.8, 4) is 0 Å². The molecule has 72 valence electrons. The van der Waals surface area contributed by atoms with E-state index in [1.165, 1.54) is 0 Å². The molecule has 0 aliphatic heterocycles. The van der Waals surface area contributed by atoms with Gasteiger partial charge in [-0.2, -0.15) is 12.6 Å². The molecule has 2 nitrogen and oxygen atoms in total. The van der Waals surface area contributed by atoms with E-state index in [1.54, 1.807) is 0 Å². The molecule has 0 aliphatic rings. The summed E-state index contributed by atoms with van der Waals surface area (Å²) < 4.78 is 0. The van der Waals surface area contributed by atoms with Crippen LogP contribution < -0.4 is 0 Å². The molecule has 0 bridgehead atoms. The first-order valence-electron chi connectivity index (χ1n) is 4.34. The first-order valence-corrected chi connectivity index (χ1v) is 4.98. The quantitative estimate of drug-likeness (QED) is 0.673. The van der Waals surface area contributed by atoms with Crippen LogP contribution in [-0.4, -0.2) is 28.6 Å². The highest BCUT2D eigenvalue weighted by molar-refractivity contribution is 7.80. The van der Waals surface area contributed by atoms with Gasteiger partial charge in [-0.15, -0.1) is 0 Å². The lowest BCUT2D eigenvalue weighted by Crippen LogP contribution is -2.45. The van der Waals surface area contributed by atoms with Gasteiger partial charge in [0.2, 0.25) is 5.91 Å². The Bertz CT molecular complexity index is 151. The second-order valence-corrected chi connectivity index (χ2v) is 4.23. The van der Waals surface area contributed by atoms with Crippen molar-refractivity contribution in [2.45, 2.75) is 39.7 Å². The molecular formula is C9H19NOS. The Morgan fingerprint density at radius 3 is 2.17 bits per heavy atom. The summed E-state index contributed by atoms with van der Waals surface area (Å²) in [7, 11) is 0. The minimum atomic E-state index is -0.0607. The van der Waals surface area contributed by atoms with E-state index in [4.69, 9.17) is 0 Å². The first kappa shape index (κ1) is 11.8. The summed E-state index contributed by atoms with van der Waals surface area (Å²) >= 11 is 4.04. The summed E-state index contributed by atoms with van der Waals surface area (Å²) in [5.74, 6) is 0.825. The van der Waals surface area contributed by atoms with E-state index in [0.717, 1.165) is 6.54 Å². The number of nitrogens with zero attached hydrogens (tertiary/aromatic N) is 1. The van der Waals surface area contributed by atoms with E-state index < -0.39 is 0 Å². The fraction of sp³-hybridized carbons (Fsp3) is 0.889. The highest BCUT2D eigenvalue weighted by atomic mass is 32.1. The van der Waals surface area contributed by atoms with Crippen LogP contribution in [0.1, 0.15) is 34.1 Å². The first-order chi connectivity index (χ1) is 5.43. The van der Waals surface area contributed by atoms with E-state index >= 15 is 0 Å². The van der Waals surface area contributed by atoms with Gasteiger partial charge in [0.05, 0.1) is 0 Å². The third-order valence-corrected chi connectivity index (χ3v) is 1.98. The van der Waals surface area contributed by atoms with Crippen molar-refractivity contribution in [1.29, 1.82) is 0 Å². The van der Waals surface area contributed by atoms with Gasteiger partial charge < -0.3 is 4.90 Å². The average Bonchev–Trinajstić information content (AvgIpc) is 1.85. The molecule has 0 fully saturated rings. The number of thiol groups is 1. The van der Waals surface area contributed by atoms with E-state index in [-0.39, 0.29) is 11.4 Å². The second kappa shape index (κ2) is 4.75. The van der Waals surface area contributed by atoms with Crippen LogP contribution >= 0.6 is 12.6 Å². The molecule has 0 spiro atoms. The highest BCUT2D eigenvalue weighted by Crippen LogP contribution is 2.13. The summed E-state index contributed by atoms with van der Waals surface area (Å²) in [5.41, 5.74) is -0.0607. The number of hydrogen-bond acceptors (Lipinski definition) is 2. The molecule has 0 unspecified atom stereocenters. The van der Waals surface area contributed by atoms with Crippen molar-refractivity contribution in [2.24, 2.45) is 0 Å². The van der Waals surface area contributed by atoms with Crippen LogP contribution in [0.3, 0.4) is 0 Å². The maximum Gasteiger partial charge on any atom is 0.223 e. The maximum atomic E-state index is 11.5. The Morgan fingerprint density at radius 2 is 1.92 bits per heavy atom. The Kier molecular flexibility index (Phi) is 4.68. The summed E-state index contributed by atoms with van der Waals surface area (Å²) in [6.45, 7) is 8.92. The van der Waals surface area contributed by atoms with Gasteiger partial charge in [0.15, 0.2) is 0 Å². The second-order valence-electron chi connectivity index (χ2n) is 3.78. The number of carbonyl (C=O) groups excluding carboxylic acids is 1. The smallest absolute Gasteiger partial charge is 0.223 e. The van der Waals surface area contributed by atoms with Crippen LogP contribution in [0.15, 0.2) is 0 Å². The Balaban J connectivity index is 4.25. The molecule has 0 aliphatic carbocycles. The molecule has 0 atom stereocenters. The molecule has 0 saturated heterocycles. The fourth-order valence-electron chi connectivity index (χ4n) is 1.26. The van der Waals surface area contributed by atoms with Gasteiger partial charge in [-0.05, 0) is 33.4 Å². The Hall–Kier alpha value is -0.180. The third kappa shape index (κ3) is 3.48. The third-order valence-electron chi connectivity index (χ3n) is 1.75. The Morgan fingerprint density at radius 1 is 1.42 bits per heavy atom. The van der Waals surface area contributed by atoms with Crippen molar-refractivity contribution >= 4 is 18.5 Å². The molecule has 0 aromatic rings. The van der Waals surface area contributed by atoms with Crippen LogP contribution in [0.4, 0.5) is 0 Å². The zero-order valence-electron chi connectivity index (χ0n) is 8.42. The minimum Gasteiger partial charge on any atom is -0.338 e. The van der Waals surface area contributed by atoms with E-state index in [0.29, 0.717) is 12.2 Å². The van der Waals surface area contributed by atoms with Crippen LogP contribution in [0, 0.1) is 0 Å². The van der Waals surface area contributed by atoms with Gasteiger partial charge >= 0.3 is 0 Å². The number of hydrogen-bond donors (Lipinski definition) is 1. The van der Waals surface area contributed by atoms with Crippen LogP contribution in [-0.2, 0) is 4.79 Å². The average molecular weight is 189 g/mol. The van der Waals surface area contributed by atoms with Crippen molar-refractivity contribution in [1.82, 2.24) is 4.90 Å². The normalized spacial score (nSPS) is 11.4. The predicted molar refractivity (Wildman–Crippen MR) is 55.6 cm³/mol. The molecule has 0 aromatic heterocycles. The monoisotopic (exact) mass is 189 g/mol. The summed E-state index contributed by atoms with van der Waals surface area (Å²) in [6.07, 6.45) is 0.536. The van der Waals surface area contributed by atoms with Gasteiger partial charge in [-0.1, -0.05) is 0 Å². The van der Waals surface area contributed by atoms with Gasteiger partial charge in [0.25, 0.3) is 0 Å². The molecule has 0 aromatic carbocycles. The lowest BCUT2D eigenvalue weighted by molar-refractivity contribution is -0.135. The SMILES string of the molecule is CCN(C(=O)CCS)C(C)(C)C. The van der Waals surface area contributed by atoms with Crippen molar-refractivity contribution < 1.29 is 4.79 Å². The molecule has 0 rings (SSSR count). The minimum absolute atomic E-state index is 0.0607. The summed E-state index contributed by atoms with van der Waals surface area (Å²) in [6, 6.07) is 0. The van der Waals surface area contributed by atoms with Crippen LogP contribution in [0.25, 0.3) is 0 Å². The molecule has 0 radical (unpaired) electrons. The van der Waals surface area contributed by atoms with Gasteiger partial charge in [0, 0.05) is 18.5 Å². The van der Waals surface area contributed by atoms with Crippen molar-refractivity contribution in [2.75, 3.05) is 12.3 Å². The molecule has 12 heavy (non-hydrogen) atoms. The molecule has 0 heterocycles. The maximum absolute atomic E-state index is 11.5. The van der Waals surface area contributed by atoms with Crippen molar-refractivity contribution in [3.63, 3.8) is 0 Å². The number of amides is 1. The molecule has 0 N–H and O–H groups in total. The topological polar surface area (TPSA) is 20.3 Å². The van der Waals surface area contributed by atoms with E-state index in [1.807, 2.05) is 32.6 Å². The van der Waals surface area contributed by atoms with Gasteiger partial charge in [-0.25, -0.2) is 0 Å². The molecule has 1 amide bonds. The highest BCUT2D eigenvalue weighted by Gasteiger charge is 2.23. The molecule has 3 heteroatoms. The lowest BCUT2D eigenvalue weighted by atomic mass is 10.1. The molecular weight excluding hydrogens is 170 g/mol. The van der Waals surface area contributed by atoms with Gasteiger partial charge in [0.1, 0.15) is 0 Å². The Labute approximate surface area is 80.7 Å². The zero-order chi connectivity index (χ0) is 9.78. The summed E-state index contributed by atoms with van der Waals surface area (Å²) in [5, 5.41) is 0. The standard InChI is InChI=1S/C9H19NOS/c1-5-10(9(2,3)4)8(11)6-7-12/h12H,5-7H2,1-4H3. The predicted octanol–water partition coefficient (Wildman–Crippen LogP) is 1.95.